The van der Waals surface area contributed by atoms with Gasteiger partial charge < -0.3 is 10.0 Å². The smallest absolute Gasteiger partial charge is 0.227 e. The van der Waals surface area contributed by atoms with E-state index in [4.69, 9.17) is 11.6 Å². The third-order valence-corrected chi connectivity index (χ3v) is 6.63. The molecule has 0 bridgehead atoms. The van der Waals surface area contributed by atoms with Crippen molar-refractivity contribution in [1.82, 2.24) is 4.90 Å². The number of likely N-dealkylation sites (tertiary alicyclic amines) is 1. The summed E-state index contributed by atoms with van der Waals surface area (Å²) in [5, 5.41) is 10.7. The predicted molar refractivity (Wildman–Crippen MR) is 114 cm³/mol. The largest absolute Gasteiger partial charge is 0.391 e. The lowest BCUT2D eigenvalue weighted by Gasteiger charge is -2.23. The maximum Gasteiger partial charge on any atom is 0.227 e. The van der Waals surface area contributed by atoms with Crippen LogP contribution in [0.15, 0.2) is 53.4 Å². The number of aliphatic hydroxyl groups excluding tert-OH is 1. The topological polar surface area (TPSA) is 91.8 Å². The van der Waals surface area contributed by atoms with Crippen LogP contribution in [0.5, 0.6) is 0 Å². The highest BCUT2D eigenvalue weighted by atomic mass is 35.5. The molecular formula is C22H24ClNO5S. The Morgan fingerprint density at radius 2 is 1.67 bits per heavy atom. The number of hydrogen-bond donors (Lipinski definition) is 1. The molecule has 0 unspecified atom stereocenters. The van der Waals surface area contributed by atoms with Crippen LogP contribution >= 0.6 is 11.6 Å². The van der Waals surface area contributed by atoms with Crippen molar-refractivity contribution in [3.05, 3.63) is 64.7 Å². The van der Waals surface area contributed by atoms with Crippen molar-refractivity contribution < 1.29 is 23.1 Å². The minimum atomic E-state index is -3.30. The van der Waals surface area contributed by atoms with E-state index in [1.807, 2.05) is 12.1 Å². The van der Waals surface area contributed by atoms with Crippen LogP contribution in [-0.2, 0) is 32.3 Å². The van der Waals surface area contributed by atoms with Crippen LogP contribution in [0.3, 0.4) is 0 Å². The molecule has 1 N–H and O–H groups in total. The van der Waals surface area contributed by atoms with Crippen LogP contribution in [0.2, 0.25) is 5.02 Å². The van der Waals surface area contributed by atoms with Crippen molar-refractivity contribution in [3.63, 3.8) is 0 Å². The van der Waals surface area contributed by atoms with Gasteiger partial charge in [0.1, 0.15) is 0 Å². The molecule has 2 aromatic rings. The van der Waals surface area contributed by atoms with Crippen LogP contribution in [0.25, 0.3) is 0 Å². The van der Waals surface area contributed by atoms with Crippen molar-refractivity contribution >= 4 is 33.1 Å². The molecule has 0 spiro atoms. The lowest BCUT2D eigenvalue weighted by atomic mass is 10.0. The molecule has 0 saturated carbocycles. The number of rotatable bonds is 7. The fraction of sp³-hybridized carbons (Fsp3) is 0.364. The highest BCUT2D eigenvalue weighted by Crippen LogP contribution is 2.22. The second kappa shape index (κ2) is 9.29. The Kier molecular flexibility index (Phi) is 6.95. The zero-order valence-corrected chi connectivity index (χ0v) is 18.2. The van der Waals surface area contributed by atoms with Gasteiger partial charge in [0.15, 0.2) is 15.6 Å². The zero-order chi connectivity index (χ0) is 21.9. The lowest BCUT2D eigenvalue weighted by molar-refractivity contribution is -0.137. The van der Waals surface area contributed by atoms with Crippen LogP contribution in [0.1, 0.15) is 24.0 Å². The minimum absolute atomic E-state index is 0.0394. The quantitative estimate of drug-likeness (QED) is 0.701. The number of amides is 1. The summed E-state index contributed by atoms with van der Waals surface area (Å²) in [5.74, 6) is -0.342. The average molecular weight is 450 g/mol. The number of aryl methyl sites for hydroxylation is 1. The molecule has 6 nitrogen and oxygen atoms in total. The Bertz CT molecular complexity index is 1020. The van der Waals surface area contributed by atoms with Gasteiger partial charge >= 0.3 is 0 Å². The third-order valence-electron chi connectivity index (χ3n) is 5.25. The van der Waals surface area contributed by atoms with Crippen molar-refractivity contribution in [3.8, 4) is 0 Å². The van der Waals surface area contributed by atoms with Gasteiger partial charge in [-0.15, -0.1) is 0 Å². The first-order valence-electron chi connectivity index (χ1n) is 9.67. The molecule has 1 fully saturated rings. The molecule has 1 saturated heterocycles. The number of halogens is 1. The van der Waals surface area contributed by atoms with E-state index in [0.29, 0.717) is 17.0 Å². The van der Waals surface area contributed by atoms with Crippen LogP contribution in [0.4, 0.5) is 0 Å². The van der Waals surface area contributed by atoms with Gasteiger partial charge in [0.25, 0.3) is 0 Å². The van der Waals surface area contributed by atoms with Gasteiger partial charge in [-0.1, -0.05) is 35.9 Å². The van der Waals surface area contributed by atoms with Crippen molar-refractivity contribution in [2.24, 2.45) is 0 Å². The van der Waals surface area contributed by atoms with Gasteiger partial charge in [-0.3, -0.25) is 9.59 Å². The molecule has 0 radical (unpaired) electrons. The Morgan fingerprint density at radius 3 is 2.27 bits per heavy atom. The van der Waals surface area contributed by atoms with Crippen LogP contribution in [-0.4, -0.2) is 55.1 Å². The van der Waals surface area contributed by atoms with E-state index >= 15 is 0 Å². The summed E-state index contributed by atoms with van der Waals surface area (Å²) in [5.41, 5.74) is 1.64. The number of hydrogen-bond acceptors (Lipinski definition) is 5. The molecular weight excluding hydrogens is 426 g/mol. The highest BCUT2D eigenvalue weighted by Gasteiger charge is 2.38. The van der Waals surface area contributed by atoms with Crippen molar-refractivity contribution in [2.45, 2.75) is 42.7 Å². The zero-order valence-electron chi connectivity index (χ0n) is 16.6. The SMILES string of the molecule is CS(=O)(=O)c1ccc(CC(=O)N2C[C@H](O)C[C@H]2C(=O)CCc2ccc(Cl)cc2)cc1. The molecule has 2 atom stereocenters. The fourth-order valence-electron chi connectivity index (χ4n) is 3.61. The van der Waals surface area contributed by atoms with Gasteiger partial charge in [-0.25, -0.2) is 8.42 Å². The van der Waals surface area contributed by atoms with E-state index in [1.54, 1.807) is 24.3 Å². The number of aliphatic hydroxyl groups is 1. The number of carbonyl (C=O) groups excluding carboxylic acids is 2. The molecule has 2 aromatic carbocycles. The average Bonchev–Trinajstić information content (AvgIpc) is 3.09. The first-order chi connectivity index (χ1) is 14.1. The van der Waals surface area contributed by atoms with E-state index in [-0.39, 0.29) is 42.4 Å². The van der Waals surface area contributed by atoms with Gasteiger partial charge in [0.2, 0.25) is 5.91 Å². The Hall–Kier alpha value is -2.22. The second-order valence-corrected chi connectivity index (χ2v) is 10.1. The summed E-state index contributed by atoms with van der Waals surface area (Å²) < 4.78 is 23.1. The van der Waals surface area contributed by atoms with Gasteiger partial charge in [0, 0.05) is 30.7 Å². The molecule has 1 aliphatic rings. The molecule has 0 aromatic heterocycles. The third kappa shape index (κ3) is 5.68. The van der Waals surface area contributed by atoms with Gasteiger partial charge in [0.05, 0.1) is 23.5 Å². The molecule has 1 aliphatic heterocycles. The molecule has 8 heteroatoms. The molecule has 160 valence electrons. The molecule has 3 rings (SSSR count). The highest BCUT2D eigenvalue weighted by molar-refractivity contribution is 7.90. The first-order valence-corrected chi connectivity index (χ1v) is 11.9. The summed E-state index contributed by atoms with van der Waals surface area (Å²) in [6.07, 6.45) is 1.48. The van der Waals surface area contributed by atoms with Crippen LogP contribution in [0, 0.1) is 0 Å². The second-order valence-electron chi connectivity index (χ2n) is 7.64. The summed E-state index contributed by atoms with van der Waals surface area (Å²) in [7, 11) is -3.30. The maximum absolute atomic E-state index is 12.8. The number of carbonyl (C=O) groups is 2. The Labute approximate surface area is 181 Å². The maximum atomic E-state index is 12.8. The van der Waals surface area contributed by atoms with E-state index < -0.39 is 22.0 Å². The number of Topliss-reactive ketones (excluding diaryl/α,β-unsaturated/α-hetero) is 1. The summed E-state index contributed by atoms with van der Waals surface area (Å²) >= 11 is 5.88. The van der Waals surface area contributed by atoms with E-state index in [2.05, 4.69) is 0 Å². The van der Waals surface area contributed by atoms with Crippen LogP contribution < -0.4 is 0 Å². The number of sulfone groups is 1. The minimum Gasteiger partial charge on any atom is -0.391 e. The normalized spacial score (nSPS) is 19.1. The van der Waals surface area contributed by atoms with Gasteiger partial charge in [-0.05, 0) is 41.8 Å². The molecule has 1 heterocycles. The molecule has 0 aliphatic carbocycles. The van der Waals surface area contributed by atoms with Gasteiger partial charge in [-0.2, -0.15) is 0 Å². The number of β-amino-alcohol motifs (C(OH)–C–C–N with tert-alkyl or cyclic N) is 1. The summed E-state index contributed by atoms with van der Waals surface area (Å²) in [6.45, 7) is 0.123. The number of nitrogens with zero attached hydrogens (tertiary/aromatic N) is 1. The fourth-order valence-corrected chi connectivity index (χ4v) is 4.37. The standard InChI is InChI=1S/C22H24ClNO5S/c1-30(28,29)19-9-4-16(5-10-19)12-22(27)24-14-18(25)13-20(24)21(26)11-6-15-2-7-17(23)8-3-15/h2-5,7-10,18,20,25H,6,11-14H2,1H3/t18-,20+/m1/s1. The summed E-state index contributed by atoms with van der Waals surface area (Å²) in [6, 6.07) is 12.7. The van der Waals surface area contributed by atoms with E-state index in [0.717, 1.165) is 11.8 Å². The first kappa shape index (κ1) is 22.5. The molecule has 30 heavy (non-hydrogen) atoms. The Balaban J connectivity index is 1.63. The Morgan fingerprint density at radius 1 is 1.07 bits per heavy atom. The lowest BCUT2D eigenvalue weighted by Crippen LogP contribution is -2.41. The number of benzene rings is 2. The molecule has 1 amide bonds. The van der Waals surface area contributed by atoms with Crippen molar-refractivity contribution in [2.75, 3.05) is 12.8 Å². The summed E-state index contributed by atoms with van der Waals surface area (Å²) in [4.78, 5) is 27.2. The van der Waals surface area contributed by atoms with Crippen molar-refractivity contribution in [1.29, 1.82) is 0 Å². The predicted octanol–water partition coefficient (Wildman–Crippen LogP) is 2.45. The number of ketones is 1. The van der Waals surface area contributed by atoms with E-state index in [1.165, 1.54) is 17.0 Å². The monoisotopic (exact) mass is 449 g/mol. The van der Waals surface area contributed by atoms with E-state index in [9.17, 15) is 23.1 Å².